The van der Waals surface area contributed by atoms with Crippen LogP contribution in [0.2, 0.25) is 0 Å². The summed E-state index contributed by atoms with van der Waals surface area (Å²) in [5.74, 6) is -5.65. The molecule has 0 atom stereocenters. The van der Waals surface area contributed by atoms with E-state index in [1.165, 1.54) is 0 Å². The maximum atomic E-state index is 13.2. The Morgan fingerprint density at radius 3 is 1.32 bits per heavy atom. The summed E-state index contributed by atoms with van der Waals surface area (Å²) in [7, 11) is 0. The molecular weight excluding hydrogens is 368 g/mol. The third-order valence-corrected chi connectivity index (χ3v) is 5.01. The fraction of sp³-hybridized carbons (Fsp3) is 0.800. The van der Waals surface area contributed by atoms with Gasteiger partial charge in [-0.3, -0.25) is 14.4 Å². The van der Waals surface area contributed by atoms with Crippen LogP contribution in [0.4, 0.5) is 0 Å². The molecule has 0 spiro atoms. The fourth-order valence-corrected chi connectivity index (χ4v) is 3.33. The topological polar surface area (TPSA) is 138 Å². The summed E-state index contributed by atoms with van der Waals surface area (Å²) in [6.07, 6.45) is 4.00. The van der Waals surface area contributed by atoms with Gasteiger partial charge in [0.1, 0.15) is 0 Å². The lowest BCUT2D eigenvalue weighted by Crippen LogP contribution is -2.50. The van der Waals surface area contributed by atoms with Crippen LogP contribution in [0.3, 0.4) is 0 Å². The molecule has 0 aliphatic rings. The summed E-state index contributed by atoms with van der Waals surface area (Å²) in [4.78, 5) is 47.4. The number of carboxylic acids is 3. The molecule has 8 nitrogen and oxygen atoms in total. The zero-order valence-electron chi connectivity index (χ0n) is 17.2. The van der Waals surface area contributed by atoms with E-state index in [0.717, 1.165) is 38.5 Å². The number of hydrogen-bond acceptors (Lipinski definition) is 5. The highest BCUT2D eigenvalue weighted by Gasteiger charge is 2.50. The molecule has 0 amide bonds. The average molecular weight is 402 g/mol. The zero-order chi connectivity index (χ0) is 21.8. The molecule has 162 valence electrons. The molecule has 0 aliphatic carbocycles. The predicted octanol–water partition coefficient (Wildman–Crippen LogP) is 3.86. The van der Waals surface area contributed by atoms with Gasteiger partial charge in [0.05, 0.1) is 18.3 Å². The summed E-state index contributed by atoms with van der Waals surface area (Å²) in [5, 5.41) is 27.8. The van der Waals surface area contributed by atoms with Gasteiger partial charge in [0.15, 0.2) is 0 Å². The second-order valence-electron chi connectivity index (χ2n) is 7.42. The second kappa shape index (κ2) is 12.4. The summed E-state index contributed by atoms with van der Waals surface area (Å²) in [6.45, 7) is 5.93. The number of carboxylic acid groups (broad SMARTS) is 3. The van der Waals surface area contributed by atoms with E-state index in [-0.39, 0.29) is 0 Å². The van der Waals surface area contributed by atoms with Gasteiger partial charge in [-0.05, 0) is 19.3 Å². The van der Waals surface area contributed by atoms with Crippen molar-refractivity contribution in [2.45, 2.75) is 97.0 Å². The highest BCUT2D eigenvalue weighted by molar-refractivity contribution is 5.91. The molecule has 0 aliphatic heterocycles. The number of carbonyl (C=O) groups is 4. The van der Waals surface area contributed by atoms with E-state index >= 15 is 0 Å². The normalized spacial score (nSPS) is 11.8. The number of hydrogen-bond donors (Lipinski definition) is 3. The molecule has 0 heterocycles. The highest BCUT2D eigenvalue weighted by atomic mass is 16.6. The molecule has 0 saturated carbocycles. The summed E-state index contributed by atoms with van der Waals surface area (Å²) < 4.78 is 5.28. The van der Waals surface area contributed by atoms with Crippen molar-refractivity contribution in [2.75, 3.05) is 0 Å². The quantitative estimate of drug-likeness (QED) is 0.331. The van der Waals surface area contributed by atoms with Crippen molar-refractivity contribution in [3.05, 3.63) is 0 Å². The SMILES string of the molecule is CCCCC(CCCC)(CCCC)C(=O)OC(CC(=O)O)(CC(=O)O)C(=O)O. The second-order valence-corrected chi connectivity index (χ2v) is 7.42. The first-order valence-electron chi connectivity index (χ1n) is 9.99. The molecule has 0 radical (unpaired) electrons. The van der Waals surface area contributed by atoms with E-state index in [4.69, 9.17) is 14.9 Å². The van der Waals surface area contributed by atoms with Gasteiger partial charge in [0.2, 0.25) is 5.60 Å². The molecule has 28 heavy (non-hydrogen) atoms. The molecule has 0 bridgehead atoms. The lowest BCUT2D eigenvalue weighted by molar-refractivity contribution is -0.193. The number of unbranched alkanes of at least 4 members (excludes halogenated alkanes) is 3. The van der Waals surface area contributed by atoms with Crippen LogP contribution in [-0.2, 0) is 23.9 Å². The minimum Gasteiger partial charge on any atom is -0.481 e. The summed E-state index contributed by atoms with van der Waals surface area (Å²) in [6, 6.07) is 0. The summed E-state index contributed by atoms with van der Waals surface area (Å²) in [5.41, 5.74) is -3.55. The van der Waals surface area contributed by atoms with Crippen molar-refractivity contribution in [1.29, 1.82) is 0 Å². The van der Waals surface area contributed by atoms with Crippen molar-refractivity contribution < 1.29 is 39.2 Å². The third kappa shape index (κ3) is 7.86. The number of rotatable bonds is 16. The number of carbonyl (C=O) groups excluding carboxylic acids is 1. The third-order valence-electron chi connectivity index (χ3n) is 5.01. The Hall–Kier alpha value is -2.12. The molecule has 0 aromatic heterocycles. The van der Waals surface area contributed by atoms with Crippen LogP contribution in [0.1, 0.15) is 91.4 Å². The molecule has 0 rings (SSSR count). The van der Waals surface area contributed by atoms with Crippen LogP contribution >= 0.6 is 0 Å². The van der Waals surface area contributed by atoms with Gasteiger partial charge in [-0.15, -0.1) is 0 Å². The maximum Gasteiger partial charge on any atom is 0.349 e. The molecular formula is C20H34O8. The summed E-state index contributed by atoms with van der Waals surface area (Å²) >= 11 is 0. The first kappa shape index (κ1) is 25.9. The smallest absolute Gasteiger partial charge is 0.349 e. The molecule has 0 aromatic rings. The molecule has 3 N–H and O–H groups in total. The van der Waals surface area contributed by atoms with E-state index in [1.807, 2.05) is 20.8 Å². The standard InChI is InChI=1S/C20H34O8/c1-4-7-10-19(11-8-5-2,12-9-6-3)18(27)28-20(17(25)26,13-15(21)22)14-16(23)24/h4-14H2,1-3H3,(H,21,22)(H,23,24)(H,25,26). The van der Waals surface area contributed by atoms with Crippen molar-refractivity contribution in [1.82, 2.24) is 0 Å². The molecule has 0 unspecified atom stereocenters. The van der Waals surface area contributed by atoms with Crippen molar-refractivity contribution in [3.63, 3.8) is 0 Å². The van der Waals surface area contributed by atoms with Gasteiger partial charge in [-0.1, -0.05) is 59.3 Å². The minimum absolute atomic E-state index is 0.498. The highest BCUT2D eigenvalue weighted by Crippen LogP contribution is 2.40. The van der Waals surface area contributed by atoms with Gasteiger partial charge < -0.3 is 20.1 Å². The molecule has 8 heteroatoms. The Labute approximate surface area is 166 Å². The van der Waals surface area contributed by atoms with Crippen molar-refractivity contribution in [2.24, 2.45) is 5.41 Å². The molecule has 0 fully saturated rings. The van der Waals surface area contributed by atoms with Crippen LogP contribution in [0, 0.1) is 5.41 Å². The van der Waals surface area contributed by atoms with Gasteiger partial charge >= 0.3 is 23.9 Å². The van der Waals surface area contributed by atoms with Crippen molar-refractivity contribution in [3.8, 4) is 0 Å². The van der Waals surface area contributed by atoms with E-state index in [2.05, 4.69) is 0 Å². The Kier molecular flexibility index (Phi) is 11.4. The van der Waals surface area contributed by atoms with Gasteiger partial charge in [-0.25, -0.2) is 4.79 Å². The zero-order valence-corrected chi connectivity index (χ0v) is 17.2. The lowest BCUT2D eigenvalue weighted by atomic mass is 9.74. The monoisotopic (exact) mass is 402 g/mol. The number of esters is 1. The predicted molar refractivity (Wildman–Crippen MR) is 102 cm³/mol. The van der Waals surface area contributed by atoms with E-state index in [0.29, 0.717) is 19.3 Å². The number of ether oxygens (including phenoxy) is 1. The van der Waals surface area contributed by atoms with E-state index in [9.17, 15) is 24.3 Å². The first-order valence-corrected chi connectivity index (χ1v) is 9.99. The first-order chi connectivity index (χ1) is 13.1. The molecule has 0 saturated heterocycles. The van der Waals surface area contributed by atoms with Crippen molar-refractivity contribution >= 4 is 23.9 Å². The van der Waals surface area contributed by atoms with Crippen LogP contribution in [0.15, 0.2) is 0 Å². The van der Waals surface area contributed by atoms with Crippen LogP contribution in [0.5, 0.6) is 0 Å². The van der Waals surface area contributed by atoms with Gasteiger partial charge in [0, 0.05) is 0 Å². The number of aliphatic carboxylic acids is 3. The average Bonchev–Trinajstić information content (AvgIpc) is 2.59. The Morgan fingerprint density at radius 2 is 1.07 bits per heavy atom. The Morgan fingerprint density at radius 1 is 0.714 bits per heavy atom. The van der Waals surface area contributed by atoms with E-state index < -0.39 is 47.7 Å². The van der Waals surface area contributed by atoms with E-state index in [1.54, 1.807) is 0 Å². The minimum atomic E-state index is -2.62. The Balaban J connectivity index is 6.00. The Bertz CT molecular complexity index is 503. The maximum absolute atomic E-state index is 13.2. The van der Waals surface area contributed by atoms with Gasteiger partial charge in [-0.2, -0.15) is 0 Å². The molecule has 0 aromatic carbocycles. The van der Waals surface area contributed by atoms with Crippen LogP contribution in [-0.4, -0.2) is 44.8 Å². The fourth-order valence-electron chi connectivity index (χ4n) is 3.33. The lowest BCUT2D eigenvalue weighted by Gasteiger charge is -2.36. The van der Waals surface area contributed by atoms with Gasteiger partial charge in [0.25, 0.3) is 0 Å². The largest absolute Gasteiger partial charge is 0.481 e. The van der Waals surface area contributed by atoms with Crippen LogP contribution < -0.4 is 0 Å². The van der Waals surface area contributed by atoms with Crippen LogP contribution in [0.25, 0.3) is 0 Å².